The van der Waals surface area contributed by atoms with Crippen LogP contribution in [0, 0.1) is 0 Å². The molecule has 1 saturated heterocycles. The second-order valence-corrected chi connectivity index (χ2v) is 5.72. The van der Waals surface area contributed by atoms with Crippen molar-refractivity contribution in [2.24, 2.45) is 0 Å². The van der Waals surface area contributed by atoms with Crippen LogP contribution in [0.5, 0.6) is 0 Å². The van der Waals surface area contributed by atoms with Gasteiger partial charge in [0, 0.05) is 30.3 Å². The van der Waals surface area contributed by atoms with Crippen LogP contribution in [0.15, 0.2) is 17.1 Å². The van der Waals surface area contributed by atoms with Gasteiger partial charge in [0.1, 0.15) is 0 Å². The molecule has 0 bridgehead atoms. The second kappa shape index (κ2) is 4.20. The van der Waals surface area contributed by atoms with E-state index in [0.717, 1.165) is 37.3 Å². The first-order valence-electron chi connectivity index (χ1n) is 7.14. The van der Waals surface area contributed by atoms with E-state index < -0.39 is 0 Å². The van der Waals surface area contributed by atoms with Gasteiger partial charge in [0.2, 0.25) is 0 Å². The zero-order valence-corrected chi connectivity index (χ0v) is 10.9. The number of H-pyrrole nitrogens is 1. The number of fused-ring (bicyclic) bond motifs is 1. The summed E-state index contributed by atoms with van der Waals surface area (Å²) in [6.45, 7) is 2.01. The Kier molecular flexibility index (Phi) is 2.48. The normalized spacial score (nSPS) is 23.9. The Balaban J connectivity index is 1.82. The molecule has 0 aromatic carbocycles. The van der Waals surface area contributed by atoms with Gasteiger partial charge in [-0.05, 0) is 38.1 Å². The van der Waals surface area contributed by atoms with Gasteiger partial charge >= 0.3 is 0 Å². The fourth-order valence-corrected chi connectivity index (χ4v) is 3.03. The summed E-state index contributed by atoms with van der Waals surface area (Å²) in [5.41, 5.74) is 3.02. The quantitative estimate of drug-likeness (QED) is 0.855. The zero-order chi connectivity index (χ0) is 12.8. The lowest BCUT2D eigenvalue weighted by atomic mass is 9.96. The SMILES string of the molecule is O=c1cc(C2CCCNC2)nc2c(C3CC3)c[nH]n12. The van der Waals surface area contributed by atoms with Crippen molar-refractivity contribution in [3.63, 3.8) is 0 Å². The van der Waals surface area contributed by atoms with Crippen LogP contribution in [0.3, 0.4) is 0 Å². The first-order chi connectivity index (χ1) is 9.33. The van der Waals surface area contributed by atoms with Crippen LogP contribution in [-0.4, -0.2) is 27.7 Å². The van der Waals surface area contributed by atoms with Crippen molar-refractivity contribution in [1.82, 2.24) is 19.9 Å². The summed E-state index contributed by atoms with van der Waals surface area (Å²) < 4.78 is 1.58. The van der Waals surface area contributed by atoms with E-state index >= 15 is 0 Å². The molecule has 19 heavy (non-hydrogen) atoms. The molecule has 5 nitrogen and oxygen atoms in total. The monoisotopic (exact) mass is 258 g/mol. The average molecular weight is 258 g/mol. The highest BCUT2D eigenvalue weighted by Gasteiger charge is 2.28. The fourth-order valence-electron chi connectivity index (χ4n) is 3.03. The van der Waals surface area contributed by atoms with E-state index in [1.54, 1.807) is 10.6 Å². The van der Waals surface area contributed by atoms with E-state index in [4.69, 9.17) is 4.98 Å². The molecule has 0 radical (unpaired) electrons. The van der Waals surface area contributed by atoms with Crippen LogP contribution in [0.2, 0.25) is 0 Å². The molecule has 3 heterocycles. The number of piperidine rings is 1. The number of hydrogen-bond acceptors (Lipinski definition) is 3. The number of nitrogens with zero attached hydrogens (tertiary/aromatic N) is 2. The van der Waals surface area contributed by atoms with E-state index in [-0.39, 0.29) is 5.56 Å². The van der Waals surface area contributed by atoms with Gasteiger partial charge in [-0.15, -0.1) is 0 Å². The number of aromatic nitrogens is 3. The third-order valence-corrected chi connectivity index (χ3v) is 4.28. The molecule has 100 valence electrons. The minimum absolute atomic E-state index is 0.0115. The van der Waals surface area contributed by atoms with Crippen molar-refractivity contribution in [3.8, 4) is 0 Å². The van der Waals surface area contributed by atoms with E-state index in [1.165, 1.54) is 18.4 Å². The largest absolute Gasteiger partial charge is 0.316 e. The molecule has 4 rings (SSSR count). The average Bonchev–Trinajstić information content (AvgIpc) is 3.19. The Hall–Kier alpha value is -1.62. The van der Waals surface area contributed by atoms with Crippen LogP contribution in [-0.2, 0) is 0 Å². The number of aromatic amines is 1. The molecule has 2 aliphatic rings. The maximum atomic E-state index is 12.2. The molecule has 5 heteroatoms. The van der Waals surface area contributed by atoms with Crippen LogP contribution >= 0.6 is 0 Å². The van der Waals surface area contributed by atoms with Gasteiger partial charge in [0.15, 0.2) is 5.65 Å². The highest BCUT2D eigenvalue weighted by atomic mass is 16.1. The molecule has 1 atom stereocenters. The van der Waals surface area contributed by atoms with Crippen LogP contribution < -0.4 is 10.9 Å². The first-order valence-corrected chi connectivity index (χ1v) is 7.14. The van der Waals surface area contributed by atoms with Gasteiger partial charge in [-0.1, -0.05) is 0 Å². The van der Waals surface area contributed by atoms with E-state index in [9.17, 15) is 4.79 Å². The van der Waals surface area contributed by atoms with Gasteiger partial charge in [-0.2, -0.15) is 0 Å². The van der Waals surface area contributed by atoms with Crippen molar-refractivity contribution in [3.05, 3.63) is 33.9 Å². The van der Waals surface area contributed by atoms with Gasteiger partial charge in [0.05, 0.1) is 5.69 Å². The third kappa shape index (κ3) is 1.89. The lowest BCUT2D eigenvalue weighted by Crippen LogP contribution is -2.30. The Bertz CT molecular complexity index is 662. The molecule has 1 aliphatic heterocycles. The fraction of sp³-hybridized carbons (Fsp3) is 0.571. The number of hydrogen-bond donors (Lipinski definition) is 2. The van der Waals surface area contributed by atoms with Crippen molar-refractivity contribution in [1.29, 1.82) is 0 Å². The molecule has 0 amide bonds. The molecule has 1 saturated carbocycles. The Morgan fingerprint density at radius 2 is 2.16 bits per heavy atom. The van der Waals surface area contributed by atoms with Crippen molar-refractivity contribution in [2.75, 3.05) is 13.1 Å². The van der Waals surface area contributed by atoms with Gasteiger partial charge in [0.25, 0.3) is 5.56 Å². The molecule has 2 N–H and O–H groups in total. The minimum Gasteiger partial charge on any atom is -0.316 e. The van der Waals surface area contributed by atoms with Crippen LogP contribution in [0.4, 0.5) is 0 Å². The summed E-state index contributed by atoms with van der Waals surface area (Å²) in [5, 5.41) is 6.42. The molecule has 1 unspecified atom stereocenters. The maximum absolute atomic E-state index is 12.2. The Labute approximate surface area is 111 Å². The summed E-state index contributed by atoms with van der Waals surface area (Å²) in [6.07, 6.45) is 6.68. The summed E-state index contributed by atoms with van der Waals surface area (Å²) in [5.74, 6) is 0.987. The molecule has 1 aliphatic carbocycles. The lowest BCUT2D eigenvalue weighted by Gasteiger charge is -2.22. The van der Waals surface area contributed by atoms with Crippen molar-refractivity contribution < 1.29 is 0 Å². The second-order valence-electron chi connectivity index (χ2n) is 5.72. The maximum Gasteiger partial charge on any atom is 0.272 e. The third-order valence-electron chi connectivity index (χ3n) is 4.28. The molecular weight excluding hydrogens is 240 g/mol. The molecule has 2 aromatic rings. The van der Waals surface area contributed by atoms with Gasteiger partial charge in [-0.25, -0.2) is 9.50 Å². The summed E-state index contributed by atoms with van der Waals surface area (Å²) in [6, 6.07) is 1.69. The topological polar surface area (TPSA) is 62.2 Å². The van der Waals surface area contributed by atoms with E-state index in [0.29, 0.717) is 11.8 Å². The Morgan fingerprint density at radius 3 is 2.89 bits per heavy atom. The zero-order valence-electron chi connectivity index (χ0n) is 10.9. The lowest BCUT2D eigenvalue weighted by molar-refractivity contribution is 0.454. The molecule has 2 fully saturated rings. The first kappa shape index (κ1) is 11.2. The number of nitrogens with one attached hydrogen (secondary N) is 2. The number of rotatable bonds is 2. The van der Waals surface area contributed by atoms with Gasteiger partial charge in [-0.3, -0.25) is 9.89 Å². The standard InChI is InChI=1S/C14H18N4O/c19-13-6-12(10-2-1-5-15-7-10)17-14-11(9-3-4-9)8-16-18(13)14/h6,8-10,15-16H,1-5,7H2. The van der Waals surface area contributed by atoms with Crippen LogP contribution in [0.25, 0.3) is 5.65 Å². The summed E-state index contributed by atoms with van der Waals surface area (Å²) >= 11 is 0. The molecular formula is C14H18N4O. The predicted octanol–water partition coefficient (Wildman–Crippen LogP) is 1.37. The highest BCUT2D eigenvalue weighted by molar-refractivity contribution is 5.50. The molecule has 0 spiro atoms. The molecule has 2 aromatic heterocycles. The summed E-state index contributed by atoms with van der Waals surface area (Å²) in [7, 11) is 0. The van der Waals surface area contributed by atoms with E-state index in [2.05, 4.69) is 10.4 Å². The van der Waals surface area contributed by atoms with Crippen molar-refractivity contribution in [2.45, 2.75) is 37.5 Å². The minimum atomic E-state index is 0.0115. The van der Waals surface area contributed by atoms with Crippen molar-refractivity contribution >= 4 is 5.65 Å². The van der Waals surface area contributed by atoms with Gasteiger partial charge < -0.3 is 5.32 Å². The Morgan fingerprint density at radius 1 is 1.26 bits per heavy atom. The van der Waals surface area contributed by atoms with Crippen LogP contribution in [0.1, 0.15) is 48.8 Å². The smallest absolute Gasteiger partial charge is 0.272 e. The predicted molar refractivity (Wildman–Crippen MR) is 72.6 cm³/mol. The summed E-state index contributed by atoms with van der Waals surface area (Å²) in [4.78, 5) is 16.9. The highest BCUT2D eigenvalue weighted by Crippen LogP contribution is 2.41. The van der Waals surface area contributed by atoms with E-state index in [1.807, 2.05) is 6.20 Å².